The minimum atomic E-state index is -4.15. The van der Waals surface area contributed by atoms with E-state index in [0.717, 1.165) is 12.8 Å². The van der Waals surface area contributed by atoms with E-state index < -0.39 is 12.7 Å². The standard InChI is InChI=1S/C13H16ClF3N4/c14-10-4-19-12(3-11(10)18)20-5-8-1-2-9(6-20)21(8)7-13(15,16)17/h3-4,8-9H,1-2,5-7H2,(H2,18,19)/t8-,9+. The van der Waals surface area contributed by atoms with Crippen LogP contribution < -0.4 is 10.6 Å². The number of halogens is 4. The lowest BCUT2D eigenvalue weighted by atomic mass is 10.2. The third-order valence-electron chi connectivity index (χ3n) is 4.19. The Bertz CT molecular complexity index is 523. The first-order valence-corrected chi connectivity index (χ1v) is 7.20. The minimum Gasteiger partial charge on any atom is -0.397 e. The van der Waals surface area contributed by atoms with Crippen LogP contribution in [0, 0.1) is 0 Å². The van der Waals surface area contributed by atoms with E-state index in [1.54, 1.807) is 11.0 Å². The molecule has 0 aromatic carbocycles. The Labute approximate surface area is 125 Å². The summed E-state index contributed by atoms with van der Waals surface area (Å²) in [5.74, 6) is 0.681. The number of aromatic nitrogens is 1. The zero-order valence-corrected chi connectivity index (χ0v) is 12.0. The third kappa shape index (κ3) is 3.03. The van der Waals surface area contributed by atoms with Crippen molar-refractivity contribution in [2.45, 2.75) is 31.1 Å². The molecule has 1 aromatic rings. The van der Waals surface area contributed by atoms with Gasteiger partial charge >= 0.3 is 6.18 Å². The predicted molar refractivity (Wildman–Crippen MR) is 75.4 cm³/mol. The van der Waals surface area contributed by atoms with E-state index in [1.165, 1.54) is 6.20 Å². The van der Waals surface area contributed by atoms with Crippen LogP contribution >= 0.6 is 11.6 Å². The molecule has 2 saturated heterocycles. The SMILES string of the molecule is Nc1cc(N2C[C@H]3CC[C@@H](C2)N3CC(F)(F)F)ncc1Cl. The summed E-state index contributed by atoms with van der Waals surface area (Å²) in [6.45, 7) is 0.258. The number of alkyl halides is 3. The van der Waals surface area contributed by atoms with Gasteiger partial charge in [0, 0.05) is 37.4 Å². The fraction of sp³-hybridized carbons (Fsp3) is 0.615. The van der Waals surface area contributed by atoms with E-state index in [1.807, 2.05) is 4.90 Å². The molecule has 116 valence electrons. The van der Waals surface area contributed by atoms with E-state index in [-0.39, 0.29) is 12.1 Å². The third-order valence-corrected chi connectivity index (χ3v) is 4.51. The van der Waals surface area contributed by atoms with Gasteiger partial charge in [-0.2, -0.15) is 13.2 Å². The Kier molecular flexibility index (Phi) is 3.65. The molecule has 4 nitrogen and oxygen atoms in total. The van der Waals surface area contributed by atoms with E-state index in [0.29, 0.717) is 29.6 Å². The van der Waals surface area contributed by atoms with Crippen molar-refractivity contribution >= 4 is 23.1 Å². The summed E-state index contributed by atoms with van der Waals surface area (Å²) in [5.41, 5.74) is 6.20. The highest BCUT2D eigenvalue weighted by atomic mass is 35.5. The molecule has 0 aliphatic carbocycles. The van der Waals surface area contributed by atoms with E-state index in [4.69, 9.17) is 17.3 Å². The van der Waals surface area contributed by atoms with Gasteiger partial charge in [0.25, 0.3) is 0 Å². The van der Waals surface area contributed by atoms with Crippen LogP contribution in [-0.4, -0.2) is 47.8 Å². The summed E-state index contributed by atoms with van der Waals surface area (Å²) >= 11 is 5.85. The Morgan fingerprint density at radius 2 is 1.90 bits per heavy atom. The van der Waals surface area contributed by atoms with Crippen LogP contribution in [0.25, 0.3) is 0 Å². The number of nitrogens with zero attached hydrogens (tertiary/aromatic N) is 3. The lowest BCUT2D eigenvalue weighted by Gasteiger charge is -2.41. The van der Waals surface area contributed by atoms with E-state index in [9.17, 15) is 13.2 Å². The van der Waals surface area contributed by atoms with Crippen molar-refractivity contribution in [2.75, 3.05) is 30.3 Å². The number of fused-ring (bicyclic) bond motifs is 2. The number of hydrogen-bond donors (Lipinski definition) is 1. The molecular formula is C13H16ClF3N4. The topological polar surface area (TPSA) is 45.4 Å². The molecule has 2 fully saturated rings. The van der Waals surface area contributed by atoms with Gasteiger partial charge in [0.2, 0.25) is 0 Å². The molecule has 1 aromatic heterocycles. The van der Waals surface area contributed by atoms with Gasteiger partial charge in [-0.05, 0) is 12.8 Å². The Hall–Kier alpha value is -1.21. The van der Waals surface area contributed by atoms with E-state index in [2.05, 4.69) is 4.98 Å². The summed E-state index contributed by atoms with van der Waals surface area (Å²) < 4.78 is 37.9. The molecule has 2 bridgehead atoms. The molecule has 3 heterocycles. The Balaban J connectivity index is 1.75. The second kappa shape index (κ2) is 5.21. The maximum absolute atomic E-state index is 12.6. The smallest absolute Gasteiger partial charge is 0.397 e. The fourth-order valence-electron chi connectivity index (χ4n) is 3.26. The molecule has 0 spiro atoms. The number of nitrogens with two attached hydrogens (primary N) is 1. The fourth-order valence-corrected chi connectivity index (χ4v) is 3.36. The van der Waals surface area contributed by atoms with Crippen LogP contribution in [0.4, 0.5) is 24.7 Å². The molecule has 0 saturated carbocycles. The highest BCUT2D eigenvalue weighted by Crippen LogP contribution is 2.35. The van der Waals surface area contributed by atoms with Gasteiger partial charge in [-0.15, -0.1) is 0 Å². The van der Waals surface area contributed by atoms with Gasteiger partial charge < -0.3 is 10.6 Å². The van der Waals surface area contributed by atoms with Gasteiger partial charge in [-0.1, -0.05) is 11.6 Å². The van der Waals surface area contributed by atoms with Crippen molar-refractivity contribution in [3.63, 3.8) is 0 Å². The molecule has 2 aliphatic heterocycles. The number of piperazine rings is 1. The first-order chi connectivity index (χ1) is 9.83. The van der Waals surface area contributed by atoms with Gasteiger partial charge in [0.1, 0.15) is 5.82 Å². The molecule has 2 aliphatic rings. The summed E-state index contributed by atoms with van der Waals surface area (Å²) in [6, 6.07) is 1.52. The summed E-state index contributed by atoms with van der Waals surface area (Å²) in [4.78, 5) is 7.81. The van der Waals surface area contributed by atoms with Crippen LogP contribution in [0.15, 0.2) is 12.3 Å². The average Bonchev–Trinajstić information content (AvgIpc) is 2.62. The number of rotatable bonds is 2. The molecule has 0 amide bonds. The quantitative estimate of drug-likeness (QED) is 0.909. The molecule has 2 atom stereocenters. The molecule has 0 unspecified atom stereocenters. The molecule has 0 radical (unpaired) electrons. The van der Waals surface area contributed by atoms with Crippen molar-refractivity contribution in [3.8, 4) is 0 Å². The largest absolute Gasteiger partial charge is 0.401 e. The maximum Gasteiger partial charge on any atom is 0.401 e. The number of anilines is 2. The molecular weight excluding hydrogens is 305 g/mol. The molecule has 2 N–H and O–H groups in total. The van der Waals surface area contributed by atoms with Crippen LogP contribution in [-0.2, 0) is 0 Å². The Morgan fingerprint density at radius 3 is 2.43 bits per heavy atom. The van der Waals surface area contributed by atoms with Crippen LogP contribution in [0.1, 0.15) is 12.8 Å². The van der Waals surface area contributed by atoms with Gasteiger partial charge in [0.05, 0.1) is 17.3 Å². The van der Waals surface area contributed by atoms with Crippen LogP contribution in [0.5, 0.6) is 0 Å². The summed E-state index contributed by atoms with van der Waals surface area (Å²) in [5, 5.41) is 0.387. The van der Waals surface area contributed by atoms with Crippen molar-refractivity contribution in [3.05, 3.63) is 17.3 Å². The van der Waals surface area contributed by atoms with E-state index >= 15 is 0 Å². The molecule has 8 heteroatoms. The Morgan fingerprint density at radius 1 is 1.29 bits per heavy atom. The van der Waals surface area contributed by atoms with Gasteiger partial charge in [0.15, 0.2) is 0 Å². The van der Waals surface area contributed by atoms with Crippen molar-refractivity contribution in [1.82, 2.24) is 9.88 Å². The van der Waals surface area contributed by atoms with Crippen molar-refractivity contribution in [1.29, 1.82) is 0 Å². The second-order valence-electron chi connectivity index (χ2n) is 5.64. The number of hydrogen-bond acceptors (Lipinski definition) is 4. The normalized spacial score (nSPS) is 26.4. The van der Waals surface area contributed by atoms with Crippen LogP contribution in [0.2, 0.25) is 5.02 Å². The highest BCUT2D eigenvalue weighted by Gasteiger charge is 2.45. The summed E-state index contributed by atoms with van der Waals surface area (Å²) in [6.07, 6.45) is -1.08. The monoisotopic (exact) mass is 320 g/mol. The first kappa shape index (κ1) is 14.7. The van der Waals surface area contributed by atoms with Gasteiger partial charge in [-0.3, -0.25) is 4.90 Å². The highest BCUT2D eigenvalue weighted by molar-refractivity contribution is 6.32. The zero-order chi connectivity index (χ0) is 15.2. The van der Waals surface area contributed by atoms with Crippen molar-refractivity contribution in [2.24, 2.45) is 0 Å². The maximum atomic E-state index is 12.6. The molecule has 21 heavy (non-hydrogen) atoms. The van der Waals surface area contributed by atoms with Crippen molar-refractivity contribution < 1.29 is 13.2 Å². The second-order valence-corrected chi connectivity index (χ2v) is 6.05. The number of nitrogen functional groups attached to an aromatic ring is 1. The lowest BCUT2D eigenvalue weighted by Crippen LogP contribution is -2.56. The average molecular weight is 321 g/mol. The minimum absolute atomic E-state index is 0.0796. The summed E-state index contributed by atoms with van der Waals surface area (Å²) in [7, 11) is 0. The lowest BCUT2D eigenvalue weighted by molar-refractivity contribution is -0.153. The molecule has 3 rings (SSSR count). The predicted octanol–water partition coefficient (Wildman–Crippen LogP) is 2.53. The van der Waals surface area contributed by atoms with Crippen LogP contribution in [0.3, 0.4) is 0 Å². The number of pyridine rings is 1. The first-order valence-electron chi connectivity index (χ1n) is 6.82. The van der Waals surface area contributed by atoms with Gasteiger partial charge in [-0.25, -0.2) is 4.98 Å². The zero-order valence-electron chi connectivity index (χ0n) is 11.3.